The van der Waals surface area contributed by atoms with Crippen LogP contribution in [-0.2, 0) is 4.79 Å². The molecule has 1 rings (SSSR count). The van der Waals surface area contributed by atoms with Gasteiger partial charge in [0.25, 0.3) is 0 Å². The van der Waals surface area contributed by atoms with Gasteiger partial charge in [-0.25, -0.2) is 14.8 Å². The molecule has 7 nitrogen and oxygen atoms in total. The van der Waals surface area contributed by atoms with E-state index < -0.39 is 18.2 Å². The first-order chi connectivity index (χ1) is 7.68. The minimum atomic E-state index is -4.86. The Morgan fingerprint density at radius 1 is 1.12 bits per heavy atom. The zero-order chi connectivity index (χ0) is 13.9. The van der Waals surface area contributed by atoms with Gasteiger partial charge in [-0.2, -0.15) is 13.2 Å². The number of nitrogens with zero attached hydrogens (tertiary/aromatic N) is 2. The van der Waals surface area contributed by atoms with E-state index in [1.165, 1.54) is 6.33 Å². The summed E-state index contributed by atoms with van der Waals surface area (Å²) in [6.45, 7) is 0. The number of amides is 2. The fraction of sp³-hybridized carbons (Fsp3) is 0.143. The molecule has 0 fully saturated rings. The molecule has 2 amide bonds. The van der Waals surface area contributed by atoms with Gasteiger partial charge < -0.3 is 16.6 Å². The molecule has 5 N–H and O–H groups in total. The molecule has 0 saturated heterocycles. The van der Waals surface area contributed by atoms with E-state index in [1.807, 2.05) is 0 Å². The summed E-state index contributed by atoms with van der Waals surface area (Å²) in [7, 11) is 0. The Labute approximate surface area is 93.3 Å². The predicted molar refractivity (Wildman–Crippen MR) is 49.5 cm³/mol. The maximum atomic E-state index is 10.7. The summed E-state index contributed by atoms with van der Waals surface area (Å²) in [4.78, 5) is 25.2. The van der Waals surface area contributed by atoms with Gasteiger partial charge in [0.05, 0.1) is 0 Å². The number of nitrogens with two attached hydrogens (primary N) is 2. The van der Waals surface area contributed by atoms with Gasteiger partial charge in [-0.05, 0) is 6.07 Å². The summed E-state index contributed by atoms with van der Waals surface area (Å²) in [6.07, 6.45) is -1.32. The van der Waals surface area contributed by atoms with Gasteiger partial charge >= 0.3 is 18.2 Å². The molecule has 1 aromatic rings. The van der Waals surface area contributed by atoms with Crippen LogP contribution in [0.3, 0.4) is 0 Å². The topological polar surface area (TPSA) is 132 Å². The molecule has 0 aliphatic carbocycles. The molecule has 0 aliphatic rings. The van der Waals surface area contributed by atoms with Crippen LogP contribution >= 0.6 is 0 Å². The van der Waals surface area contributed by atoms with E-state index >= 15 is 0 Å². The molecule has 0 unspecified atom stereocenters. The van der Waals surface area contributed by atoms with Gasteiger partial charge in [-0.3, -0.25) is 4.79 Å². The highest BCUT2D eigenvalue weighted by molar-refractivity contribution is 5.79. The molecule has 0 aliphatic heterocycles. The number of primary amides is 2. The van der Waals surface area contributed by atoms with Crippen LogP contribution in [0.4, 0.5) is 18.0 Å². The van der Waals surface area contributed by atoms with Crippen molar-refractivity contribution in [2.75, 3.05) is 0 Å². The summed E-state index contributed by atoms with van der Waals surface area (Å²) < 4.78 is 32.1. The molecular weight excluding hydrogens is 245 g/mol. The largest absolute Gasteiger partial charge is 0.470 e. The number of carboxylic acid groups (broad SMARTS) is 1. The fourth-order valence-corrected chi connectivity index (χ4v) is 0.253. The van der Waals surface area contributed by atoms with E-state index in [9.17, 15) is 13.2 Å². The fourth-order valence-electron chi connectivity index (χ4n) is 0.253. The molecule has 0 bridgehead atoms. The number of carbonyl (C=O) groups excluding carboxylic acids is 1. The number of hydrogen-bond donors (Lipinski definition) is 3. The highest BCUT2D eigenvalue weighted by Crippen LogP contribution is 2.11. The molecule has 17 heavy (non-hydrogen) atoms. The second kappa shape index (κ2) is 8.88. The van der Waals surface area contributed by atoms with Crippen LogP contribution in [0.5, 0.6) is 0 Å². The van der Waals surface area contributed by atoms with Crippen molar-refractivity contribution in [3.8, 4) is 0 Å². The summed E-state index contributed by atoms with van der Waals surface area (Å²) in [5.74, 6) is -2.26. The highest BCUT2D eigenvalue weighted by Gasteiger charge is 2.35. The molecule has 0 atom stereocenters. The number of hydrogen-bond acceptors (Lipinski definition) is 4. The van der Waals surface area contributed by atoms with E-state index in [-0.39, 0.29) is 0 Å². The van der Waals surface area contributed by atoms with Gasteiger partial charge in [0.2, 0.25) is 0 Å². The third-order valence-electron chi connectivity index (χ3n) is 0.757. The van der Waals surface area contributed by atoms with E-state index in [4.69, 9.17) is 14.7 Å². The normalized spacial score (nSPS) is 8.88. The number of carbonyl (C=O) groups is 2. The van der Waals surface area contributed by atoms with Crippen LogP contribution in [0.15, 0.2) is 24.8 Å². The third kappa shape index (κ3) is 19.9. The van der Waals surface area contributed by atoms with Crippen LogP contribution in [0.1, 0.15) is 0 Å². The van der Waals surface area contributed by atoms with Crippen molar-refractivity contribution in [2.24, 2.45) is 11.5 Å². The molecule has 0 radical (unpaired) electrons. The van der Waals surface area contributed by atoms with Crippen LogP contribution in [0.25, 0.3) is 0 Å². The Kier molecular flexibility index (Phi) is 8.89. The molecular formula is C7H9F3N4O3. The zero-order valence-corrected chi connectivity index (χ0v) is 8.26. The Morgan fingerprint density at radius 3 is 1.47 bits per heavy atom. The highest BCUT2D eigenvalue weighted by atomic mass is 19.4. The second-order valence-corrected chi connectivity index (χ2v) is 2.10. The Morgan fingerprint density at radius 2 is 1.41 bits per heavy atom. The van der Waals surface area contributed by atoms with Crippen molar-refractivity contribution >= 4 is 12.0 Å². The van der Waals surface area contributed by atoms with Crippen molar-refractivity contribution in [1.29, 1.82) is 0 Å². The lowest BCUT2D eigenvalue weighted by atomic mass is 10.6. The maximum Gasteiger partial charge on any atom is 0.470 e. The molecule has 0 aromatic carbocycles. The first-order valence-corrected chi connectivity index (χ1v) is 3.73. The van der Waals surface area contributed by atoms with Crippen LogP contribution in [0.2, 0.25) is 0 Å². The lowest BCUT2D eigenvalue weighted by Crippen LogP contribution is -2.30. The lowest BCUT2D eigenvalue weighted by Gasteiger charge is -1.95. The maximum absolute atomic E-state index is 10.7. The molecule has 1 aromatic heterocycles. The molecule has 1 heterocycles. The van der Waals surface area contributed by atoms with Gasteiger partial charge in [0.15, 0.2) is 0 Å². The number of halogens is 3. The van der Waals surface area contributed by atoms with E-state index in [0.717, 1.165) is 0 Å². The Bertz CT molecular complexity index is 300. The molecule has 96 valence electrons. The van der Waals surface area contributed by atoms with Crippen molar-refractivity contribution in [1.82, 2.24) is 9.97 Å². The average molecular weight is 254 g/mol. The first kappa shape index (κ1) is 17.0. The van der Waals surface area contributed by atoms with Crippen molar-refractivity contribution < 1.29 is 27.9 Å². The number of alkyl halides is 3. The Balaban J connectivity index is 0. The summed E-state index contributed by atoms with van der Waals surface area (Å²) in [6, 6.07) is 1.78. The van der Waals surface area contributed by atoms with Crippen molar-refractivity contribution in [2.45, 2.75) is 6.18 Å². The number of rotatable bonds is 0. The first-order valence-electron chi connectivity index (χ1n) is 3.73. The molecule has 0 spiro atoms. The third-order valence-corrected chi connectivity index (χ3v) is 0.757. The second-order valence-electron chi connectivity index (χ2n) is 2.10. The van der Waals surface area contributed by atoms with Gasteiger partial charge in [-0.1, -0.05) is 0 Å². The van der Waals surface area contributed by atoms with Crippen LogP contribution < -0.4 is 11.5 Å². The standard InChI is InChI=1S/C4H4N2.C2H2F3NO.CH3NO2/c1-2-5-4-6-3-1;3-2(4,5)1(6)7;2-1(3)4/h1-4H;(H2,6,7);2H2,(H,3,4). The quantitative estimate of drug-likeness (QED) is 0.605. The average Bonchev–Trinajstić information content (AvgIpc) is 2.19. The van der Waals surface area contributed by atoms with Crippen LogP contribution in [0, 0.1) is 0 Å². The monoisotopic (exact) mass is 254 g/mol. The summed E-state index contributed by atoms with van der Waals surface area (Å²) >= 11 is 0. The van der Waals surface area contributed by atoms with E-state index in [0.29, 0.717) is 0 Å². The molecule has 10 heteroatoms. The zero-order valence-electron chi connectivity index (χ0n) is 8.26. The van der Waals surface area contributed by atoms with E-state index in [2.05, 4.69) is 21.4 Å². The van der Waals surface area contributed by atoms with Gasteiger partial charge in [0.1, 0.15) is 6.33 Å². The minimum absolute atomic E-state index is 1.33. The Hall–Kier alpha value is -2.39. The van der Waals surface area contributed by atoms with Crippen molar-refractivity contribution in [3.63, 3.8) is 0 Å². The summed E-state index contributed by atoms with van der Waals surface area (Å²) in [5, 5.41) is 7.19. The summed E-state index contributed by atoms with van der Waals surface area (Å²) in [5.41, 5.74) is 7.83. The molecule has 0 saturated carbocycles. The van der Waals surface area contributed by atoms with E-state index in [1.54, 1.807) is 18.5 Å². The smallest absolute Gasteiger partial charge is 0.465 e. The van der Waals surface area contributed by atoms with Gasteiger partial charge in [-0.15, -0.1) is 0 Å². The SMILES string of the molecule is NC(=O)C(F)(F)F.NC(=O)O.c1cncnc1. The van der Waals surface area contributed by atoms with Crippen molar-refractivity contribution in [3.05, 3.63) is 24.8 Å². The van der Waals surface area contributed by atoms with Crippen LogP contribution in [-0.4, -0.2) is 33.3 Å². The van der Waals surface area contributed by atoms with Gasteiger partial charge in [0, 0.05) is 12.4 Å². The predicted octanol–water partition coefficient (Wildman–Crippen LogP) is 0.134. The minimum Gasteiger partial charge on any atom is -0.465 e. The number of aromatic nitrogens is 2. The lowest BCUT2D eigenvalue weighted by molar-refractivity contribution is -0.169.